The number of rotatable bonds is 2. The average Bonchev–Trinajstić information content (AvgIpc) is 2.73. The second kappa shape index (κ2) is 4.14. The van der Waals surface area contributed by atoms with Gasteiger partial charge >= 0.3 is 0 Å². The molecule has 0 aliphatic rings. The van der Waals surface area contributed by atoms with Gasteiger partial charge in [-0.25, -0.2) is 9.37 Å². The first-order valence-electron chi connectivity index (χ1n) is 5.69. The summed E-state index contributed by atoms with van der Waals surface area (Å²) in [6.45, 7) is 0. The number of nitrogens with zero attached hydrogens (tertiary/aromatic N) is 2. The average molecular weight is 241 g/mol. The van der Waals surface area contributed by atoms with Crippen LogP contribution in [0.3, 0.4) is 0 Å². The maximum atomic E-state index is 13.5. The van der Waals surface area contributed by atoms with E-state index >= 15 is 0 Å². The molecule has 0 aliphatic heterocycles. The Labute approximate surface area is 104 Å². The molecule has 90 valence electrons. The van der Waals surface area contributed by atoms with Crippen LogP contribution in [0.1, 0.15) is 11.3 Å². The minimum absolute atomic E-state index is 0.200. The summed E-state index contributed by atoms with van der Waals surface area (Å²) in [6.07, 6.45) is 4.22. The summed E-state index contributed by atoms with van der Waals surface area (Å²) in [6, 6.07) is 10.3. The molecule has 3 rings (SSSR count). The second-order valence-electron chi connectivity index (χ2n) is 4.23. The molecule has 0 spiro atoms. The van der Waals surface area contributed by atoms with Gasteiger partial charge in [-0.1, -0.05) is 18.2 Å². The lowest BCUT2D eigenvalue weighted by Gasteiger charge is -1.98. The summed E-state index contributed by atoms with van der Waals surface area (Å²) in [5, 5.41) is 0. The van der Waals surface area contributed by atoms with Crippen LogP contribution in [0.25, 0.3) is 5.65 Å². The van der Waals surface area contributed by atoms with Crippen LogP contribution >= 0.6 is 0 Å². The molecule has 0 saturated carbocycles. The quantitative estimate of drug-likeness (QED) is 0.749. The summed E-state index contributed by atoms with van der Waals surface area (Å²) in [7, 11) is 0. The van der Waals surface area contributed by atoms with E-state index < -0.39 is 0 Å². The van der Waals surface area contributed by atoms with Gasteiger partial charge in [0.1, 0.15) is 11.5 Å². The Morgan fingerprint density at radius 3 is 2.89 bits per heavy atom. The maximum absolute atomic E-state index is 13.5. The number of halogens is 1. The van der Waals surface area contributed by atoms with Crippen LogP contribution in [0, 0.1) is 5.82 Å². The highest BCUT2D eigenvalue weighted by atomic mass is 19.1. The van der Waals surface area contributed by atoms with Crippen LogP contribution in [-0.2, 0) is 6.42 Å². The normalized spacial score (nSPS) is 10.9. The highest BCUT2D eigenvalue weighted by molar-refractivity contribution is 5.52. The van der Waals surface area contributed by atoms with E-state index in [1.165, 1.54) is 6.07 Å². The number of anilines is 1. The van der Waals surface area contributed by atoms with Crippen molar-refractivity contribution in [2.24, 2.45) is 0 Å². The van der Waals surface area contributed by atoms with Gasteiger partial charge in [0, 0.05) is 30.6 Å². The van der Waals surface area contributed by atoms with E-state index in [-0.39, 0.29) is 5.82 Å². The van der Waals surface area contributed by atoms with E-state index in [2.05, 4.69) is 4.98 Å². The number of hydrogen-bond donors (Lipinski definition) is 1. The SMILES string of the molecule is Nc1ccn2cc(Cc3ccccc3F)nc2c1. The number of benzene rings is 1. The molecule has 18 heavy (non-hydrogen) atoms. The topological polar surface area (TPSA) is 43.3 Å². The molecular weight excluding hydrogens is 229 g/mol. The van der Waals surface area contributed by atoms with Gasteiger partial charge in [-0.3, -0.25) is 0 Å². The minimum Gasteiger partial charge on any atom is -0.399 e. The van der Waals surface area contributed by atoms with Gasteiger partial charge in [-0.15, -0.1) is 0 Å². The highest BCUT2D eigenvalue weighted by Gasteiger charge is 2.06. The van der Waals surface area contributed by atoms with Crippen LogP contribution in [0.15, 0.2) is 48.8 Å². The highest BCUT2D eigenvalue weighted by Crippen LogP contribution is 2.14. The Balaban J connectivity index is 1.98. The maximum Gasteiger partial charge on any atom is 0.139 e. The molecule has 4 heteroatoms. The fraction of sp³-hybridized carbons (Fsp3) is 0.0714. The third-order valence-electron chi connectivity index (χ3n) is 2.86. The van der Waals surface area contributed by atoms with Gasteiger partial charge in [-0.2, -0.15) is 0 Å². The van der Waals surface area contributed by atoms with Crippen LogP contribution < -0.4 is 5.73 Å². The summed E-state index contributed by atoms with van der Waals surface area (Å²) in [5.41, 5.74) is 8.62. The molecule has 0 unspecified atom stereocenters. The fourth-order valence-electron chi connectivity index (χ4n) is 1.97. The van der Waals surface area contributed by atoms with Gasteiger partial charge in [-0.05, 0) is 17.7 Å². The molecule has 0 fully saturated rings. The predicted molar refractivity (Wildman–Crippen MR) is 68.8 cm³/mol. The number of imidazole rings is 1. The molecule has 2 aromatic heterocycles. The molecule has 0 radical (unpaired) electrons. The minimum atomic E-state index is -0.200. The molecular formula is C14H12FN3. The molecule has 3 aromatic rings. The molecule has 0 amide bonds. The second-order valence-corrected chi connectivity index (χ2v) is 4.23. The first kappa shape index (κ1) is 10.8. The fourth-order valence-corrected chi connectivity index (χ4v) is 1.97. The van der Waals surface area contributed by atoms with Crippen LogP contribution in [-0.4, -0.2) is 9.38 Å². The summed E-state index contributed by atoms with van der Waals surface area (Å²) in [4.78, 5) is 4.43. The van der Waals surface area contributed by atoms with Gasteiger partial charge in [0.2, 0.25) is 0 Å². The van der Waals surface area contributed by atoms with Gasteiger partial charge in [0.15, 0.2) is 0 Å². The summed E-state index contributed by atoms with van der Waals surface area (Å²) >= 11 is 0. The van der Waals surface area contributed by atoms with Crippen molar-refractivity contribution in [3.8, 4) is 0 Å². The third kappa shape index (κ3) is 1.93. The molecule has 0 atom stereocenters. The van der Waals surface area contributed by atoms with Crippen molar-refractivity contribution in [2.45, 2.75) is 6.42 Å². The Kier molecular flexibility index (Phi) is 2.48. The van der Waals surface area contributed by atoms with Crippen molar-refractivity contribution in [3.05, 3.63) is 65.9 Å². The van der Waals surface area contributed by atoms with E-state index in [0.717, 1.165) is 11.3 Å². The van der Waals surface area contributed by atoms with Gasteiger partial charge < -0.3 is 10.1 Å². The van der Waals surface area contributed by atoms with E-state index in [9.17, 15) is 4.39 Å². The van der Waals surface area contributed by atoms with Crippen molar-refractivity contribution in [3.63, 3.8) is 0 Å². The number of nitrogens with two attached hydrogens (primary N) is 1. The number of pyridine rings is 1. The third-order valence-corrected chi connectivity index (χ3v) is 2.86. The molecule has 0 bridgehead atoms. The molecule has 2 N–H and O–H groups in total. The Morgan fingerprint density at radius 2 is 2.06 bits per heavy atom. The van der Waals surface area contributed by atoms with Crippen LogP contribution in [0.4, 0.5) is 10.1 Å². The largest absolute Gasteiger partial charge is 0.399 e. The van der Waals surface area contributed by atoms with Crippen molar-refractivity contribution in [1.82, 2.24) is 9.38 Å². The number of hydrogen-bond acceptors (Lipinski definition) is 2. The van der Waals surface area contributed by atoms with E-state index in [1.807, 2.05) is 28.9 Å². The monoisotopic (exact) mass is 241 g/mol. The van der Waals surface area contributed by atoms with Gasteiger partial charge in [0.05, 0.1) is 5.69 Å². The number of aromatic nitrogens is 2. The Bertz CT molecular complexity index is 703. The van der Waals surface area contributed by atoms with Crippen molar-refractivity contribution >= 4 is 11.3 Å². The first-order valence-corrected chi connectivity index (χ1v) is 5.69. The zero-order valence-electron chi connectivity index (χ0n) is 9.68. The molecule has 0 saturated heterocycles. The van der Waals surface area contributed by atoms with Crippen LogP contribution in [0.5, 0.6) is 0 Å². The molecule has 3 nitrogen and oxygen atoms in total. The summed E-state index contributed by atoms with van der Waals surface area (Å²) in [5.74, 6) is -0.200. The number of fused-ring (bicyclic) bond motifs is 1. The number of nitrogen functional groups attached to an aromatic ring is 1. The van der Waals surface area contributed by atoms with Crippen molar-refractivity contribution in [1.29, 1.82) is 0 Å². The zero-order chi connectivity index (χ0) is 12.5. The first-order chi connectivity index (χ1) is 8.72. The Hall–Kier alpha value is -2.36. The standard InChI is InChI=1S/C14H12FN3/c15-13-4-2-1-3-10(13)7-12-9-18-6-5-11(16)8-14(18)17-12/h1-6,8-9H,7,16H2. The van der Waals surface area contributed by atoms with E-state index in [0.29, 0.717) is 17.7 Å². The smallest absolute Gasteiger partial charge is 0.139 e. The predicted octanol–water partition coefficient (Wildman–Crippen LogP) is 2.65. The van der Waals surface area contributed by atoms with Crippen LogP contribution in [0.2, 0.25) is 0 Å². The van der Waals surface area contributed by atoms with Crippen molar-refractivity contribution < 1.29 is 4.39 Å². The van der Waals surface area contributed by atoms with Gasteiger partial charge in [0.25, 0.3) is 0 Å². The van der Waals surface area contributed by atoms with E-state index in [4.69, 9.17) is 5.73 Å². The lowest BCUT2D eigenvalue weighted by molar-refractivity contribution is 0.613. The van der Waals surface area contributed by atoms with E-state index in [1.54, 1.807) is 18.2 Å². The zero-order valence-corrected chi connectivity index (χ0v) is 9.68. The molecule has 1 aromatic carbocycles. The summed E-state index contributed by atoms with van der Waals surface area (Å²) < 4.78 is 15.4. The Morgan fingerprint density at radius 1 is 1.22 bits per heavy atom. The lowest BCUT2D eigenvalue weighted by Crippen LogP contribution is -1.91. The molecule has 2 heterocycles. The molecule has 0 aliphatic carbocycles. The lowest BCUT2D eigenvalue weighted by atomic mass is 10.1. The van der Waals surface area contributed by atoms with Crippen molar-refractivity contribution in [2.75, 3.05) is 5.73 Å².